The van der Waals surface area contributed by atoms with Gasteiger partial charge >= 0.3 is 6.18 Å². The van der Waals surface area contributed by atoms with E-state index in [0.29, 0.717) is 19.6 Å². The average molecular weight is 289 g/mol. The molecule has 112 valence electrons. The van der Waals surface area contributed by atoms with Crippen molar-refractivity contribution in [2.75, 3.05) is 25.6 Å². The summed E-state index contributed by atoms with van der Waals surface area (Å²) in [6.45, 7) is 1.25. The highest BCUT2D eigenvalue weighted by Crippen LogP contribution is 2.37. The largest absolute Gasteiger partial charge is 0.497 e. The lowest BCUT2D eigenvalue weighted by atomic mass is 10.1. The molecule has 3 nitrogen and oxygen atoms in total. The van der Waals surface area contributed by atoms with Crippen molar-refractivity contribution in [3.8, 4) is 5.75 Å². The summed E-state index contributed by atoms with van der Waals surface area (Å²) in [5, 5.41) is 2.99. The lowest BCUT2D eigenvalue weighted by molar-refractivity contribution is -0.137. The van der Waals surface area contributed by atoms with Gasteiger partial charge in [0.25, 0.3) is 0 Å². The van der Waals surface area contributed by atoms with Crippen LogP contribution < -0.4 is 10.1 Å². The van der Waals surface area contributed by atoms with Crippen molar-refractivity contribution in [3.05, 3.63) is 23.8 Å². The highest BCUT2D eigenvalue weighted by Gasteiger charge is 2.34. The van der Waals surface area contributed by atoms with Crippen LogP contribution in [0.2, 0.25) is 0 Å². The van der Waals surface area contributed by atoms with E-state index in [1.807, 2.05) is 0 Å². The summed E-state index contributed by atoms with van der Waals surface area (Å²) in [5.41, 5.74) is -0.591. The van der Waals surface area contributed by atoms with Crippen molar-refractivity contribution in [1.29, 1.82) is 0 Å². The zero-order valence-electron chi connectivity index (χ0n) is 11.3. The Morgan fingerprint density at radius 1 is 1.25 bits per heavy atom. The van der Waals surface area contributed by atoms with Gasteiger partial charge in [0.15, 0.2) is 0 Å². The van der Waals surface area contributed by atoms with Crippen molar-refractivity contribution in [3.63, 3.8) is 0 Å². The first-order valence-electron chi connectivity index (χ1n) is 6.60. The van der Waals surface area contributed by atoms with Gasteiger partial charge in [-0.3, -0.25) is 0 Å². The zero-order chi connectivity index (χ0) is 14.6. The van der Waals surface area contributed by atoms with Crippen LogP contribution in [0, 0.1) is 0 Å². The quantitative estimate of drug-likeness (QED) is 0.920. The van der Waals surface area contributed by atoms with Crippen molar-refractivity contribution in [1.82, 2.24) is 0 Å². The molecule has 0 saturated carbocycles. The monoisotopic (exact) mass is 289 g/mol. The van der Waals surface area contributed by atoms with E-state index >= 15 is 0 Å². The molecule has 1 fully saturated rings. The Hall–Kier alpha value is -1.43. The van der Waals surface area contributed by atoms with E-state index in [4.69, 9.17) is 9.47 Å². The van der Waals surface area contributed by atoms with Crippen LogP contribution in [-0.2, 0) is 10.9 Å². The molecule has 0 spiro atoms. The maximum Gasteiger partial charge on any atom is 0.418 e. The molecule has 0 aromatic heterocycles. The summed E-state index contributed by atoms with van der Waals surface area (Å²) in [5.74, 6) is 0.201. The van der Waals surface area contributed by atoms with Crippen LogP contribution in [0.3, 0.4) is 0 Å². The Labute approximate surface area is 116 Å². The third-order valence-electron chi connectivity index (χ3n) is 3.34. The third kappa shape index (κ3) is 3.79. The predicted octanol–water partition coefficient (Wildman–Crippen LogP) is 3.70. The van der Waals surface area contributed by atoms with Crippen LogP contribution >= 0.6 is 0 Å². The highest BCUT2D eigenvalue weighted by atomic mass is 19.4. The van der Waals surface area contributed by atoms with Gasteiger partial charge < -0.3 is 14.8 Å². The van der Waals surface area contributed by atoms with Gasteiger partial charge in [-0.25, -0.2) is 0 Å². The number of methoxy groups -OCH3 is 1. The summed E-state index contributed by atoms with van der Waals surface area (Å²) in [6, 6.07) is 3.99. The summed E-state index contributed by atoms with van der Waals surface area (Å²) < 4.78 is 49.4. The number of nitrogens with one attached hydrogen (secondary N) is 1. The normalized spacial score (nSPS) is 20.3. The molecule has 0 aliphatic carbocycles. The first-order valence-corrected chi connectivity index (χ1v) is 6.60. The Bertz CT molecular complexity index is 441. The summed E-state index contributed by atoms with van der Waals surface area (Å²) in [6.07, 6.45) is -2.03. The molecule has 1 unspecified atom stereocenters. The number of benzene rings is 1. The Balaban J connectivity index is 2.21. The molecule has 6 heteroatoms. The molecular formula is C14H18F3NO2. The van der Waals surface area contributed by atoms with E-state index in [0.717, 1.165) is 18.9 Å². The van der Waals surface area contributed by atoms with E-state index in [-0.39, 0.29) is 17.5 Å². The fraction of sp³-hybridized carbons (Fsp3) is 0.571. The number of alkyl halides is 3. The number of anilines is 1. The standard InChI is InChI=1S/C14H18F3NO2/c1-19-11-4-5-13(12(9-11)14(15,16)17)18-10-3-2-7-20-8-6-10/h4-5,9-10,18H,2-3,6-8H2,1H3. The predicted molar refractivity (Wildman–Crippen MR) is 70.1 cm³/mol. The fourth-order valence-electron chi connectivity index (χ4n) is 2.28. The lowest BCUT2D eigenvalue weighted by Gasteiger charge is -2.21. The number of hydrogen-bond donors (Lipinski definition) is 1. The molecule has 1 saturated heterocycles. The first-order chi connectivity index (χ1) is 9.50. The molecule has 1 heterocycles. The third-order valence-corrected chi connectivity index (χ3v) is 3.34. The molecule has 1 aliphatic rings. The van der Waals surface area contributed by atoms with Gasteiger partial charge in [0.2, 0.25) is 0 Å². The molecular weight excluding hydrogens is 271 g/mol. The van der Waals surface area contributed by atoms with Crippen LogP contribution in [0.1, 0.15) is 24.8 Å². The van der Waals surface area contributed by atoms with Gasteiger partial charge in [-0.15, -0.1) is 0 Å². The molecule has 1 aromatic rings. The number of halogens is 3. The van der Waals surface area contributed by atoms with Crippen molar-refractivity contribution < 1.29 is 22.6 Å². The molecule has 0 radical (unpaired) electrons. The molecule has 1 aliphatic heterocycles. The van der Waals surface area contributed by atoms with E-state index in [1.165, 1.54) is 19.2 Å². The molecule has 1 N–H and O–H groups in total. The second-order valence-electron chi connectivity index (χ2n) is 4.79. The van der Waals surface area contributed by atoms with Crippen LogP contribution in [-0.4, -0.2) is 26.4 Å². The van der Waals surface area contributed by atoms with Gasteiger partial charge in [0.05, 0.1) is 12.7 Å². The van der Waals surface area contributed by atoms with Crippen molar-refractivity contribution in [2.45, 2.75) is 31.5 Å². The van der Waals surface area contributed by atoms with Crippen LogP contribution in [0.15, 0.2) is 18.2 Å². The smallest absolute Gasteiger partial charge is 0.418 e. The number of ether oxygens (including phenoxy) is 2. The van der Waals surface area contributed by atoms with Gasteiger partial charge in [-0.1, -0.05) is 0 Å². The molecule has 2 rings (SSSR count). The van der Waals surface area contributed by atoms with Crippen molar-refractivity contribution >= 4 is 5.69 Å². The second-order valence-corrected chi connectivity index (χ2v) is 4.79. The van der Waals surface area contributed by atoms with E-state index in [2.05, 4.69) is 5.32 Å². The summed E-state index contributed by atoms with van der Waals surface area (Å²) in [4.78, 5) is 0. The topological polar surface area (TPSA) is 30.5 Å². The van der Waals surface area contributed by atoms with Crippen molar-refractivity contribution in [2.24, 2.45) is 0 Å². The number of rotatable bonds is 3. The van der Waals surface area contributed by atoms with Crippen LogP contribution in [0.4, 0.5) is 18.9 Å². The Morgan fingerprint density at radius 2 is 2.05 bits per heavy atom. The van der Waals surface area contributed by atoms with Crippen LogP contribution in [0.5, 0.6) is 5.75 Å². The minimum absolute atomic E-state index is 0.00648. The lowest BCUT2D eigenvalue weighted by Crippen LogP contribution is -2.22. The van der Waals surface area contributed by atoms with E-state index in [1.54, 1.807) is 0 Å². The minimum Gasteiger partial charge on any atom is -0.497 e. The first kappa shape index (κ1) is 15.0. The average Bonchev–Trinajstić information content (AvgIpc) is 2.66. The fourth-order valence-corrected chi connectivity index (χ4v) is 2.28. The zero-order valence-corrected chi connectivity index (χ0v) is 11.3. The molecule has 0 amide bonds. The molecule has 0 bridgehead atoms. The number of hydrogen-bond acceptors (Lipinski definition) is 3. The maximum atomic E-state index is 13.1. The van der Waals surface area contributed by atoms with E-state index < -0.39 is 11.7 Å². The SMILES string of the molecule is COc1ccc(NC2CCCOCC2)c(C(F)(F)F)c1. The van der Waals surface area contributed by atoms with Crippen LogP contribution in [0.25, 0.3) is 0 Å². The van der Waals surface area contributed by atoms with E-state index in [9.17, 15) is 13.2 Å². The molecule has 1 aromatic carbocycles. The Kier molecular flexibility index (Phi) is 4.75. The second kappa shape index (κ2) is 6.35. The van der Waals surface area contributed by atoms with Gasteiger partial charge in [-0.05, 0) is 37.5 Å². The summed E-state index contributed by atoms with van der Waals surface area (Å²) in [7, 11) is 1.35. The Morgan fingerprint density at radius 3 is 2.75 bits per heavy atom. The molecule has 1 atom stereocenters. The molecule has 20 heavy (non-hydrogen) atoms. The maximum absolute atomic E-state index is 13.1. The highest BCUT2D eigenvalue weighted by molar-refractivity contribution is 5.56. The van der Waals surface area contributed by atoms with Gasteiger partial charge in [0, 0.05) is 24.9 Å². The summed E-state index contributed by atoms with van der Waals surface area (Å²) >= 11 is 0. The minimum atomic E-state index is -4.40. The van der Waals surface area contributed by atoms with Gasteiger partial charge in [0.1, 0.15) is 5.75 Å². The van der Waals surface area contributed by atoms with Gasteiger partial charge in [-0.2, -0.15) is 13.2 Å².